The number of hydrogen-bond donors (Lipinski definition) is 1. The predicted octanol–water partition coefficient (Wildman–Crippen LogP) is 4.98. The minimum Gasteiger partial charge on any atom is -0.490 e. The molecule has 2 aromatic carbocycles. The lowest BCUT2D eigenvalue weighted by Gasteiger charge is -2.24. The summed E-state index contributed by atoms with van der Waals surface area (Å²) in [5.41, 5.74) is 3.08. The van der Waals surface area contributed by atoms with Crippen molar-refractivity contribution in [3.05, 3.63) is 116 Å². The summed E-state index contributed by atoms with van der Waals surface area (Å²) in [6, 6.07) is 18.0. The van der Waals surface area contributed by atoms with E-state index in [1.807, 2.05) is 42.5 Å². The number of fused-ring (bicyclic) bond motifs is 2. The smallest absolute Gasteiger partial charge is 0.338 e. The number of rotatable bonds is 9. The molecule has 1 atom stereocenters. The third-order valence-electron chi connectivity index (χ3n) is 6.52. The highest BCUT2D eigenvalue weighted by Gasteiger charge is 2.33. The number of para-hydroxylation sites is 2. The SMILES string of the molecule is C=CCOc1ccc([C@H]2C(C(=O)OCC)=C(C)N=c3s/c(=C/c4ccc(Sc5nc6ccccc6[nH]5)o4)c(=O)n32)cc1. The van der Waals surface area contributed by atoms with E-state index in [0.717, 1.165) is 16.6 Å². The Morgan fingerprint density at radius 3 is 2.76 bits per heavy atom. The van der Waals surface area contributed by atoms with Crippen LogP contribution in [0.25, 0.3) is 17.1 Å². The number of nitrogens with zero attached hydrogens (tertiary/aromatic N) is 3. The molecule has 212 valence electrons. The van der Waals surface area contributed by atoms with Crippen LogP contribution in [0.2, 0.25) is 0 Å². The standard InChI is InChI=1S/C31H26N4O5S2/c1-4-16-39-20-12-10-19(11-13-20)27-26(29(37)38-5-2)18(3)32-31-35(27)28(36)24(41-31)17-21-14-15-25(40-21)42-30-33-22-8-6-7-9-23(22)34-30/h4,6-15,17,27H,1,5,16H2,2-3H3,(H,33,34)/b24-17+/t27-/m0/s1. The van der Waals surface area contributed by atoms with Crippen molar-refractivity contribution >= 4 is 46.2 Å². The monoisotopic (exact) mass is 598 g/mol. The second kappa shape index (κ2) is 11.7. The minimum absolute atomic E-state index is 0.202. The second-order valence-corrected chi connectivity index (χ2v) is 11.3. The number of esters is 1. The van der Waals surface area contributed by atoms with Crippen LogP contribution in [-0.2, 0) is 9.53 Å². The molecule has 42 heavy (non-hydrogen) atoms. The average Bonchev–Trinajstić information content (AvgIpc) is 3.69. The van der Waals surface area contributed by atoms with E-state index in [1.165, 1.54) is 23.1 Å². The van der Waals surface area contributed by atoms with Gasteiger partial charge in [0.25, 0.3) is 5.56 Å². The van der Waals surface area contributed by atoms with Crippen LogP contribution in [-0.4, -0.2) is 33.7 Å². The largest absolute Gasteiger partial charge is 0.490 e. The summed E-state index contributed by atoms with van der Waals surface area (Å²) in [7, 11) is 0. The number of nitrogens with one attached hydrogen (secondary N) is 1. The normalized spacial score (nSPS) is 15.0. The summed E-state index contributed by atoms with van der Waals surface area (Å²) in [5.74, 6) is 0.655. The van der Waals surface area contributed by atoms with E-state index in [-0.39, 0.29) is 12.2 Å². The first-order valence-electron chi connectivity index (χ1n) is 13.2. The van der Waals surface area contributed by atoms with E-state index in [1.54, 1.807) is 48.8 Å². The fourth-order valence-electron chi connectivity index (χ4n) is 4.68. The molecule has 5 aromatic rings. The van der Waals surface area contributed by atoms with Crippen molar-refractivity contribution in [2.24, 2.45) is 4.99 Å². The fraction of sp³-hybridized carbons (Fsp3) is 0.161. The quantitative estimate of drug-likeness (QED) is 0.188. The lowest BCUT2D eigenvalue weighted by atomic mass is 9.96. The van der Waals surface area contributed by atoms with Gasteiger partial charge in [-0.25, -0.2) is 14.8 Å². The van der Waals surface area contributed by atoms with Gasteiger partial charge in [-0.15, -0.1) is 0 Å². The van der Waals surface area contributed by atoms with E-state index < -0.39 is 12.0 Å². The number of aromatic nitrogens is 3. The van der Waals surface area contributed by atoms with E-state index in [0.29, 0.717) is 49.0 Å². The maximum atomic E-state index is 13.8. The fourth-order valence-corrected chi connectivity index (χ4v) is 6.47. The van der Waals surface area contributed by atoms with Gasteiger partial charge in [0.1, 0.15) is 18.1 Å². The topological polar surface area (TPSA) is 112 Å². The first kappa shape index (κ1) is 27.6. The van der Waals surface area contributed by atoms with Gasteiger partial charge < -0.3 is 18.9 Å². The van der Waals surface area contributed by atoms with Gasteiger partial charge in [0.05, 0.1) is 39.5 Å². The van der Waals surface area contributed by atoms with E-state index >= 15 is 0 Å². The third kappa shape index (κ3) is 5.36. The van der Waals surface area contributed by atoms with Crippen molar-refractivity contribution in [3.63, 3.8) is 0 Å². The van der Waals surface area contributed by atoms with E-state index in [9.17, 15) is 9.59 Å². The van der Waals surface area contributed by atoms with Crippen LogP contribution in [0.5, 0.6) is 5.75 Å². The summed E-state index contributed by atoms with van der Waals surface area (Å²) in [6.45, 7) is 7.74. The maximum absolute atomic E-state index is 13.8. The molecule has 0 bridgehead atoms. The zero-order valence-electron chi connectivity index (χ0n) is 22.8. The van der Waals surface area contributed by atoms with Gasteiger partial charge in [-0.3, -0.25) is 9.36 Å². The highest BCUT2D eigenvalue weighted by atomic mass is 32.2. The molecule has 1 aliphatic rings. The van der Waals surface area contributed by atoms with Crippen molar-refractivity contribution in [2.75, 3.05) is 13.2 Å². The van der Waals surface area contributed by atoms with Crippen LogP contribution in [0, 0.1) is 0 Å². The maximum Gasteiger partial charge on any atom is 0.338 e. The molecule has 0 saturated carbocycles. The summed E-state index contributed by atoms with van der Waals surface area (Å²) >= 11 is 2.60. The Morgan fingerprint density at radius 2 is 2.00 bits per heavy atom. The molecule has 0 unspecified atom stereocenters. The van der Waals surface area contributed by atoms with Gasteiger partial charge in [0, 0.05) is 6.08 Å². The molecule has 9 nitrogen and oxygen atoms in total. The summed E-state index contributed by atoms with van der Waals surface area (Å²) in [5, 5.41) is 1.34. The Hall–Kier alpha value is -4.61. The number of aromatic amines is 1. The molecule has 6 rings (SSSR count). The minimum atomic E-state index is -0.716. The Balaban J connectivity index is 1.37. The number of imidazole rings is 1. The Bertz CT molecular complexity index is 1980. The van der Waals surface area contributed by atoms with Crippen molar-refractivity contribution in [2.45, 2.75) is 30.1 Å². The van der Waals surface area contributed by atoms with Gasteiger partial charge in [0.2, 0.25) is 0 Å². The molecule has 0 radical (unpaired) electrons. The number of benzene rings is 2. The molecule has 11 heteroatoms. The van der Waals surface area contributed by atoms with Crippen LogP contribution in [0.1, 0.15) is 31.2 Å². The molecule has 0 amide bonds. The second-order valence-electron chi connectivity index (χ2n) is 9.29. The molecule has 0 aliphatic carbocycles. The number of carbonyl (C=O) groups is 1. The van der Waals surface area contributed by atoms with Crippen molar-refractivity contribution in [3.8, 4) is 5.75 Å². The highest BCUT2D eigenvalue weighted by Crippen LogP contribution is 2.32. The van der Waals surface area contributed by atoms with Crippen LogP contribution in [0.4, 0.5) is 0 Å². The van der Waals surface area contributed by atoms with Gasteiger partial charge in [0.15, 0.2) is 15.1 Å². The number of thiazole rings is 1. The molecular formula is C31H26N4O5S2. The zero-order chi connectivity index (χ0) is 29.2. The first-order valence-corrected chi connectivity index (χ1v) is 14.8. The Morgan fingerprint density at radius 1 is 1.19 bits per heavy atom. The van der Waals surface area contributed by atoms with E-state index in [2.05, 4.69) is 21.5 Å². The molecule has 1 N–H and O–H groups in total. The predicted molar refractivity (Wildman–Crippen MR) is 161 cm³/mol. The van der Waals surface area contributed by atoms with Gasteiger partial charge in [-0.1, -0.05) is 48.3 Å². The van der Waals surface area contributed by atoms with Crippen LogP contribution in [0.3, 0.4) is 0 Å². The number of ether oxygens (including phenoxy) is 2. The summed E-state index contributed by atoms with van der Waals surface area (Å²) in [4.78, 5) is 39.9. The number of furan rings is 1. The molecular weight excluding hydrogens is 572 g/mol. The molecule has 1 aliphatic heterocycles. The Kier molecular flexibility index (Phi) is 7.68. The van der Waals surface area contributed by atoms with Crippen LogP contribution < -0.4 is 19.6 Å². The van der Waals surface area contributed by atoms with Gasteiger partial charge in [-0.2, -0.15) is 0 Å². The van der Waals surface area contributed by atoms with Crippen molar-refractivity contribution < 1.29 is 18.7 Å². The lowest BCUT2D eigenvalue weighted by molar-refractivity contribution is -0.139. The number of H-pyrrole nitrogens is 1. The number of hydrogen-bond acceptors (Lipinski definition) is 9. The van der Waals surface area contributed by atoms with Crippen molar-refractivity contribution in [1.29, 1.82) is 0 Å². The number of allylic oxidation sites excluding steroid dienone is 1. The average molecular weight is 599 g/mol. The molecule has 4 heterocycles. The summed E-state index contributed by atoms with van der Waals surface area (Å²) < 4.78 is 19.0. The number of carbonyl (C=O) groups excluding carboxylic acids is 1. The van der Waals surface area contributed by atoms with Crippen LogP contribution in [0.15, 0.2) is 109 Å². The van der Waals surface area contributed by atoms with Gasteiger partial charge in [-0.05, 0) is 67.6 Å². The molecule has 0 spiro atoms. The Labute approximate surface area is 248 Å². The molecule has 3 aromatic heterocycles. The molecule has 0 fully saturated rings. The van der Waals surface area contributed by atoms with Crippen LogP contribution >= 0.6 is 23.1 Å². The van der Waals surface area contributed by atoms with Crippen molar-refractivity contribution in [1.82, 2.24) is 14.5 Å². The lowest BCUT2D eigenvalue weighted by Crippen LogP contribution is -2.39. The van der Waals surface area contributed by atoms with Gasteiger partial charge >= 0.3 is 5.97 Å². The first-order chi connectivity index (χ1) is 20.4. The summed E-state index contributed by atoms with van der Waals surface area (Å²) in [6.07, 6.45) is 3.36. The highest BCUT2D eigenvalue weighted by molar-refractivity contribution is 7.99. The third-order valence-corrected chi connectivity index (χ3v) is 8.31. The van der Waals surface area contributed by atoms with E-state index in [4.69, 9.17) is 13.9 Å². The zero-order valence-corrected chi connectivity index (χ0v) is 24.5. The molecule has 0 saturated heterocycles.